The zero-order valence-electron chi connectivity index (χ0n) is 24.9. The molecular formula is C32H48O7. The van der Waals surface area contributed by atoms with Gasteiger partial charge in [0, 0.05) is 23.7 Å². The van der Waals surface area contributed by atoms with E-state index in [9.17, 15) is 29.7 Å². The molecule has 0 unspecified atom stereocenters. The van der Waals surface area contributed by atoms with Gasteiger partial charge >= 0.3 is 11.9 Å². The van der Waals surface area contributed by atoms with Crippen LogP contribution in [-0.4, -0.2) is 51.4 Å². The number of ether oxygens (including phenoxy) is 1. The number of allylic oxidation sites excluding steroid dienone is 2. The van der Waals surface area contributed by atoms with Crippen LogP contribution in [0.4, 0.5) is 0 Å². The molecule has 5 aliphatic carbocycles. The zero-order valence-corrected chi connectivity index (χ0v) is 24.9. The number of hydrogen-bond donors (Lipinski definition) is 3. The average Bonchev–Trinajstić information content (AvgIpc) is 2.83. The lowest BCUT2D eigenvalue weighted by Crippen LogP contribution is -2.72. The predicted molar refractivity (Wildman–Crippen MR) is 145 cm³/mol. The standard InChI is InChI=1S/C32H48O7/c1-16-13-22(35)29(5)11-12-30(6)19(25(29)17(16)2)14-20(34)26-28(4)10-9-24(39-18(3)33)31(7,27(37)38)21(28)15-23(36)32(26,30)8/h14,16-17,21-26,35-36H,9-13,15H2,1-8H3,(H,37,38)/t16-,17+,21-,22+,23+,24-,25+,26-,28+,29+,30-,31-,32-/m1/s1. The van der Waals surface area contributed by atoms with Crippen molar-refractivity contribution in [1.29, 1.82) is 0 Å². The van der Waals surface area contributed by atoms with Crippen molar-refractivity contribution in [2.45, 2.75) is 112 Å². The summed E-state index contributed by atoms with van der Waals surface area (Å²) in [7, 11) is 0. The number of carbonyl (C=O) groups excluding carboxylic acids is 2. The van der Waals surface area contributed by atoms with Crippen molar-refractivity contribution in [2.24, 2.45) is 56.7 Å². The highest BCUT2D eigenvalue weighted by Gasteiger charge is 2.75. The Morgan fingerprint density at radius 2 is 1.59 bits per heavy atom. The number of ketones is 1. The van der Waals surface area contributed by atoms with Gasteiger partial charge < -0.3 is 20.1 Å². The highest BCUT2D eigenvalue weighted by atomic mass is 16.5. The van der Waals surface area contributed by atoms with Gasteiger partial charge in [-0.25, -0.2) is 0 Å². The zero-order chi connectivity index (χ0) is 29.1. The van der Waals surface area contributed by atoms with E-state index in [0.717, 1.165) is 24.8 Å². The number of aliphatic hydroxyl groups excluding tert-OH is 2. The largest absolute Gasteiger partial charge is 0.481 e. The lowest BCUT2D eigenvalue weighted by molar-refractivity contribution is -0.248. The molecule has 0 amide bonds. The van der Waals surface area contributed by atoms with Crippen LogP contribution in [0.1, 0.15) is 93.9 Å². The number of carboxylic acids is 1. The van der Waals surface area contributed by atoms with Crippen LogP contribution in [0.15, 0.2) is 11.6 Å². The van der Waals surface area contributed by atoms with E-state index in [1.165, 1.54) is 6.92 Å². The topological polar surface area (TPSA) is 121 Å². The highest BCUT2D eigenvalue weighted by molar-refractivity contribution is 5.96. The second kappa shape index (κ2) is 8.64. The molecule has 3 N–H and O–H groups in total. The van der Waals surface area contributed by atoms with Crippen LogP contribution in [0, 0.1) is 56.7 Å². The molecule has 0 heterocycles. The molecule has 0 spiro atoms. The summed E-state index contributed by atoms with van der Waals surface area (Å²) < 4.78 is 5.57. The van der Waals surface area contributed by atoms with Crippen LogP contribution in [0.2, 0.25) is 0 Å². The molecular weight excluding hydrogens is 496 g/mol. The summed E-state index contributed by atoms with van der Waals surface area (Å²) in [5, 5.41) is 33.9. The van der Waals surface area contributed by atoms with Crippen molar-refractivity contribution in [1.82, 2.24) is 0 Å². The Hall–Kier alpha value is -1.73. The second-order valence-corrected chi connectivity index (χ2v) is 15.2. The smallest absolute Gasteiger partial charge is 0.313 e. The van der Waals surface area contributed by atoms with Crippen LogP contribution in [0.3, 0.4) is 0 Å². The Balaban J connectivity index is 1.67. The maximum atomic E-state index is 14.4. The molecule has 0 aliphatic heterocycles. The fourth-order valence-electron chi connectivity index (χ4n) is 11.0. The van der Waals surface area contributed by atoms with E-state index in [1.807, 2.05) is 13.0 Å². The molecule has 0 aromatic rings. The van der Waals surface area contributed by atoms with Crippen molar-refractivity contribution in [3.63, 3.8) is 0 Å². The molecule has 7 nitrogen and oxygen atoms in total. The molecule has 7 heteroatoms. The summed E-state index contributed by atoms with van der Waals surface area (Å²) >= 11 is 0. The second-order valence-electron chi connectivity index (χ2n) is 15.2. The molecule has 0 radical (unpaired) electrons. The molecule has 39 heavy (non-hydrogen) atoms. The highest BCUT2D eigenvalue weighted by Crippen LogP contribution is 2.75. The molecule has 4 fully saturated rings. The van der Waals surface area contributed by atoms with Crippen LogP contribution < -0.4 is 0 Å². The van der Waals surface area contributed by atoms with Crippen molar-refractivity contribution >= 4 is 17.7 Å². The Kier molecular flexibility index (Phi) is 6.38. The number of hydrogen-bond acceptors (Lipinski definition) is 6. The minimum absolute atomic E-state index is 0.0286. The van der Waals surface area contributed by atoms with Gasteiger partial charge in [0.05, 0.1) is 12.2 Å². The molecule has 0 aromatic carbocycles. The summed E-state index contributed by atoms with van der Waals surface area (Å²) in [5.74, 6) is -2.07. The third kappa shape index (κ3) is 3.38. The fourth-order valence-corrected chi connectivity index (χ4v) is 11.0. The first-order valence-electron chi connectivity index (χ1n) is 14.9. The Morgan fingerprint density at radius 1 is 0.949 bits per heavy atom. The summed E-state index contributed by atoms with van der Waals surface area (Å²) in [6.07, 6.45) is 3.16. The normalized spacial score (nSPS) is 54.8. The van der Waals surface area contributed by atoms with Crippen molar-refractivity contribution < 1.29 is 34.4 Å². The van der Waals surface area contributed by atoms with E-state index in [2.05, 4.69) is 34.6 Å². The Bertz CT molecular complexity index is 1130. The van der Waals surface area contributed by atoms with E-state index in [1.54, 1.807) is 6.92 Å². The first-order valence-corrected chi connectivity index (χ1v) is 14.9. The lowest BCUT2D eigenvalue weighted by Gasteiger charge is -2.71. The Morgan fingerprint density at radius 3 is 2.18 bits per heavy atom. The van der Waals surface area contributed by atoms with E-state index in [0.29, 0.717) is 18.8 Å². The minimum Gasteiger partial charge on any atom is -0.481 e. The van der Waals surface area contributed by atoms with Gasteiger partial charge in [0.2, 0.25) is 0 Å². The lowest BCUT2D eigenvalue weighted by atomic mass is 9.32. The maximum Gasteiger partial charge on any atom is 0.313 e. The number of fused-ring (bicyclic) bond motifs is 7. The molecule has 0 bridgehead atoms. The number of aliphatic carboxylic acids is 1. The van der Waals surface area contributed by atoms with Crippen LogP contribution in [0.25, 0.3) is 0 Å². The number of rotatable bonds is 2. The predicted octanol–water partition coefficient (Wildman–Crippen LogP) is 4.78. The average molecular weight is 545 g/mol. The van der Waals surface area contributed by atoms with Gasteiger partial charge in [0.15, 0.2) is 5.78 Å². The molecule has 5 aliphatic rings. The van der Waals surface area contributed by atoms with Crippen LogP contribution >= 0.6 is 0 Å². The van der Waals surface area contributed by atoms with Crippen molar-refractivity contribution in [3.8, 4) is 0 Å². The minimum atomic E-state index is -1.42. The summed E-state index contributed by atoms with van der Waals surface area (Å²) in [6.45, 7) is 15.9. The molecule has 4 saturated carbocycles. The third-order valence-corrected chi connectivity index (χ3v) is 13.7. The molecule has 0 saturated heterocycles. The summed E-state index contributed by atoms with van der Waals surface area (Å²) in [4.78, 5) is 39.3. The van der Waals surface area contributed by atoms with Gasteiger partial charge in [-0.15, -0.1) is 0 Å². The monoisotopic (exact) mass is 544 g/mol. The molecule has 0 aromatic heterocycles. The molecule has 13 atom stereocenters. The summed E-state index contributed by atoms with van der Waals surface area (Å²) in [5.41, 5.74) is -2.62. The Labute approximate surface area is 232 Å². The third-order valence-electron chi connectivity index (χ3n) is 13.7. The van der Waals surface area contributed by atoms with Gasteiger partial charge in [0.1, 0.15) is 11.5 Å². The van der Waals surface area contributed by atoms with E-state index in [4.69, 9.17) is 4.74 Å². The van der Waals surface area contributed by atoms with Gasteiger partial charge in [-0.1, -0.05) is 47.1 Å². The van der Waals surface area contributed by atoms with Crippen molar-refractivity contribution in [2.75, 3.05) is 0 Å². The SMILES string of the molecule is CC(=O)O[C@@H]1CC[C@@]2(C)[C@@H](C[C@H](O)[C@]3(C)[C@@H]2C(=O)C=C2[C@@H]4[C@@H](C)[C@H](C)C[C@H](O)[C@]4(C)CC[C@]23C)[C@@]1(C)C(=O)O. The number of carboxylic acid groups (broad SMARTS) is 1. The first-order chi connectivity index (χ1) is 17.9. The van der Waals surface area contributed by atoms with Gasteiger partial charge in [-0.05, 0) is 86.0 Å². The van der Waals surface area contributed by atoms with Gasteiger partial charge in [0.25, 0.3) is 0 Å². The fraction of sp³-hybridized carbons (Fsp3) is 0.844. The van der Waals surface area contributed by atoms with Gasteiger partial charge in [-0.3, -0.25) is 14.4 Å². The number of aliphatic hydroxyl groups is 2. The molecule has 218 valence electrons. The number of carbonyl (C=O) groups is 3. The quantitative estimate of drug-likeness (QED) is 0.428. The van der Waals surface area contributed by atoms with E-state index in [-0.39, 0.29) is 29.5 Å². The number of esters is 1. The molecule has 5 rings (SSSR count). The van der Waals surface area contributed by atoms with Crippen LogP contribution in [-0.2, 0) is 19.1 Å². The summed E-state index contributed by atoms with van der Waals surface area (Å²) in [6, 6.07) is 0. The maximum absolute atomic E-state index is 14.4. The first kappa shape index (κ1) is 28.8. The van der Waals surface area contributed by atoms with E-state index < -0.39 is 63.7 Å². The van der Waals surface area contributed by atoms with Crippen molar-refractivity contribution in [3.05, 3.63) is 11.6 Å². The van der Waals surface area contributed by atoms with E-state index >= 15 is 0 Å². The van der Waals surface area contributed by atoms with Crippen LogP contribution in [0.5, 0.6) is 0 Å². The van der Waals surface area contributed by atoms with Gasteiger partial charge in [-0.2, -0.15) is 0 Å².